The van der Waals surface area contributed by atoms with E-state index in [4.69, 9.17) is 0 Å². The summed E-state index contributed by atoms with van der Waals surface area (Å²) in [6.07, 6.45) is 6.01. The van der Waals surface area contributed by atoms with Crippen LogP contribution in [0, 0.1) is 0 Å². The highest BCUT2D eigenvalue weighted by Crippen LogP contribution is 2.28. The van der Waals surface area contributed by atoms with Crippen LogP contribution in [-0.2, 0) is 7.05 Å². The molecule has 0 spiro atoms. The molecule has 24 heavy (non-hydrogen) atoms. The third kappa shape index (κ3) is 3.05. The Labute approximate surface area is 145 Å². The molecule has 2 amide bonds. The Kier molecular flexibility index (Phi) is 4.26. The Morgan fingerprint density at radius 3 is 2.79 bits per heavy atom. The summed E-state index contributed by atoms with van der Waals surface area (Å²) in [5.41, 5.74) is 1.06. The first-order chi connectivity index (χ1) is 11.7. The highest BCUT2D eigenvalue weighted by Gasteiger charge is 2.35. The number of carbonyl (C=O) groups is 1. The number of aromatic nitrogens is 3. The van der Waals surface area contributed by atoms with E-state index in [1.54, 1.807) is 11.3 Å². The standard InChI is InChI=1S/C17H23N5OS/c1-21-16(19-15(20-21)12-7-8-24-11-12)13-9-22(10-13)17(23)18-14-5-3-2-4-6-14/h7-8,11,13-14H,2-6,9-10H2,1H3,(H,18,23). The molecule has 6 nitrogen and oxygen atoms in total. The summed E-state index contributed by atoms with van der Waals surface area (Å²) in [5, 5.41) is 11.8. The maximum absolute atomic E-state index is 12.3. The summed E-state index contributed by atoms with van der Waals surface area (Å²) in [7, 11) is 1.93. The van der Waals surface area contributed by atoms with Gasteiger partial charge in [0.05, 0.1) is 5.92 Å². The van der Waals surface area contributed by atoms with E-state index in [1.165, 1.54) is 19.3 Å². The minimum Gasteiger partial charge on any atom is -0.335 e. The fraction of sp³-hybridized carbons (Fsp3) is 0.588. The summed E-state index contributed by atoms with van der Waals surface area (Å²) in [6, 6.07) is 2.48. The SMILES string of the molecule is Cn1nc(-c2ccsc2)nc1C1CN(C(=O)NC2CCCCC2)C1. The largest absolute Gasteiger partial charge is 0.335 e. The number of hydrogen-bond acceptors (Lipinski definition) is 4. The first kappa shape index (κ1) is 15.6. The first-order valence-corrected chi connectivity index (χ1v) is 9.64. The Hall–Kier alpha value is -1.89. The van der Waals surface area contributed by atoms with E-state index < -0.39 is 0 Å². The van der Waals surface area contributed by atoms with E-state index in [-0.39, 0.29) is 11.9 Å². The number of hydrogen-bond donors (Lipinski definition) is 1. The fourth-order valence-electron chi connectivity index (χ4n) is 3.59. The summed E-state index contributed by atoms with van der Waals surface area (Å²) in [5.74, 6) is 2.03. The molecule has 0 bridgehead atoms. The van der Waals surface area contributed by atoms with Gasteiger partial charge in [0, 0.05) is 37.1 Å². The van der Waals surface area contributed by atoms with Gasteiger partial charge in [0.15, 0.2) is 5.82 Å². The van der Waals surface area contributed by atoms with Gasteiger partial charge in [-0.15, -0.1) is 0 Å². The molecule has 7 heteroatoms. The van der Waals surface area contributed by atoms with Gasteiger partial charge in [0.25, 0.3) is 0 Å². The van der Waals surface area contributed by atoms with Crippen LogP contribution in [0.15, 0.2) is 16.8 Å². The van der Waals surface area contributed by atoms with Crippen molar-refractivity contribution in [2.75, 3.05) is 13.1 Å². The number of nitrogens with zero attached hydrogens (tertiary/aromatic N) is 4. The van der Waals surface area contributed by atoms with Crippen LogP contribution in [0.5, 0.6) is 0 Å². The molecule has 128 valence electrons. The Bertz CT molecular complexity index is 699. The van der Waals surface area contributed by atoms with Gasteiger partial charge in [0.1, 0.15) is 5.82 Å². The van der Waals surface area contributed by atoms with Crippen molar-refractivity contribution in [3.8, 4) is 11.4 Å². The number of aryl methyl sites for hydroxylation is 1. The number of nitrogens with one attached hydrogen (secondary N) is 1. The van der Waals surface area contributed by atoms with E-state index in [1.807, 2.05) is 28.1 Å². The quantitative estimate of drug-likeness (QED) is 0.930. The molecule has 3 heterocycles. The van der Waals surface area contributed by atoms with E-state index in [0.717, 1.165) is 43.1 Å². The van der Waals surface area contributed by atoms with Gasteiger partial charge in [0.2, 0.25) is 0 Å². The summed E-state index contributed by atoms with van der Waals surface area (Å²) < 4.78 is 1.86. The number of thiophene rings is 1. The van der Waals surface area contributed by atoms with Crippen LogP contribution in [0.25, 0.3) is 11.4 Å². The van der Waals surface area contributed by atoms with Crippen molar-refractivity contribution >= 4 is 17.4 Å². The van der Waals surface area contributed by atoms with Gasteiger partial charge in [-0.1, -0.05) is 19.3 Å². The Balaban J connectivity index is 1.34. The van der Waals surface area contributed by atoms with Crippen molar-refractivity contribution < 1.29 is 4.79 Å². The molecule has 1 aliphatic carbocycles. The number of amides is 2. The lowest BCUT2D eigenvalue weighted by Crippen LogP contribution is -2.55. The molecule has 0 atom stereocenters. The molecule has 4 rings (SSSR count). The second-order valence-corrected chi connectivity index (χ2v) is 7.60. The molecular formula is C17H23N5OS. The topological polar surface area (TPSA) is 63.1 Å². The predicted octanol–water partition coefficient (Wildman–Crippen LogP) is 2.99. The van der Waals surface area contributed by atoms with Crippen LogP contribution in [0.1, 0.15) is 43.8 Å². The van der Waals surface area contributed by atoms with Gasteiger partial charge in [-0.25, -0.2) is 9.78 Å². The van der Waals surface area contributed by atoms with Crippen LogP contribution in [0.4, 0.5) is 4.79 Å². The molecule has 2 aromatic rings. The number of rotatable bonds is 3. The number of likely N-dealkylation sites (tertiary alicyclic amines) is 1. The zero-order valence-corrected chi connectivity index (χ0v) is 14.8. The molecular weight excluding hydrogens is 322 g/mol. The maximum Gasteiger partial charge on any atom is 0.317 e. The van der Waals surface area contributed by atoms with Crippen molar-refractivity contribution in [2.45, 2.75) is 44.1 Å². The summed E-state index contributed by atoms with van der Waals surface area (Å²) in [4.78, 5) is 18.9. The van der Waals surface area contributed by atoms with E-state index in [9.17, 15) is 4.79 Å². The molecule has 1 aliphatic heterocycles. The van der Waals surface area contributed by atoms with Crippen molar-refractivity contribution in [3.63, 3.8) is 0 Å². The molecule has 0 unspecified atom stereocenters. The third-order valence-corrected chi connectivity index (χ3v) is 5.73. The molecule has 0 radical (unpaired) electrons. The molecule has 2 fully saturated rings. The molecule has 1 saturated carbocycles. The smallest absolute Gasteiger partial charge is 0.317 e. The molecule has 2 aromatic heterocycles. The number of carbonyl (C=O) groups excluding carboxylic acids is 1. The Morgan fingerprint density at radius 2 is 2.08 bits per heavy atom. The first-order valence-electron chi connectivity index (χ1n) is 8.69. The van der Waals surface area contributed by atoms with E-state index in [0.29, 0.717) is 6.04 Å². The predicted molar refractivity (Wildman–Crippen MR) is 94.0 cm³/mol. The average Bonchev–Trinajstić information content (AvgIpc) is 3.17. The summed E-state index contributed by atoms with van der Waals surface area (Å²) >= 11 is 1.65. The van der Waals surface area contributed by atoms with Crippen molar-refractivity contribution in [2.24, 2.45) is 7.05 Å². The van der Waals surface area contributed by atoms with Crippen LogP contribution >= 0.6 is 11.3 Å². The van der Waals surface area contributed by atoms with Crippen LogP contribution in [0.3, 0.4) is 0 Å². The van der Waals surface area contributed by atoms with Crippen LogP contribution in [0.2, 0.25) is 0 Å². The lowest BCUT2D eigenvalue weighted by atomic mass is 9.95. The van der Waals surface area contributed by atoms with Crippen LogP contribution < -0.4 is 5.32 Å². The van der Waals surface area contributed by atoms with E-state index >= 15 is 0 Å². The van der Waals surface area contributed by atoms with Crippen molar-refractivity contribution in [1.29, 1.82) is 0 Å². The van der Waals surface area contributed by atoms with Crippen LogP contribution in [-0.4, -0.2) is 44.8 Å². The van der Waals surface area contributed by atoms with Crippen molar-refractivity contribution in [1.82, 2.24) is 25.0 Å². The average molecular weight is 345 g/mol. The minimum atomic E-state index is 0.0818. The van der Waals surface area contributed by atoms with Gasteiger partial charge in [-0.2, -0.15) is 16.4 Å². The third-order valence-electron chi connectivity index (χ3n) is 5.04. The minimum absolute atomic E-state index is 0.0818. The normalized spacial score (nSPS) is 19.3. The lowest BCUT2D eigenvalue weighted by Gasteiger charge is -2.39. The fourth-order valence-corrected chi connectivity index (χ4v) is 4.22. The molecule has 2 aliphatic rings. The zero-order chi connectivity index (χ0) is 16.5. The maximum atomic E-state index is 12.3. The monoisotopic (exact) mass is 345 g/mol. The second-order valence-electron chi connectivity index (χ2n) is 6.82. The number of urea groups is 1. The molecule has 0 aromatic carbocycles. The molecule has 1 N–H and O–H groups in total. The summed E-state index contributed by atoms with van der Waals surface area (Å²) in [6.45, 7) is 1.46. The van der Waals surface area contributed by atoms with Gasteiger partial charge in [-0.3, -0.25) is 4.68 Å². The Morgan fingerprint density at radius 1 is 1.29 bits per heavy atom. The van der Waals surface area contributed by atoms with Crippen molar-refractivity contribution in [3.05, 3.63) is 22.7 Å². The highest BCUT2D eigenvalue weighted by molar-refractivity contribution is 7.08. The zero-order valence-electron chi connectivity index (χ0n) is 13.9. The lowest BCUT2D eigenvalue weighted by molar-refractivity contribution is 0.141. The van der Waals surface area contributed by atoms with E-state index in [2.05, 4.69) is 20.8 Å². The van der Waals surface area contributed by atoms with Gasteiger partial charge < -0.3 is 10.2 Å². The highest BCUT2D eigenvalue weighted by atomic mass is 32.1. The van der Waals surface area contributed by atoms with Gasteiger partial charge in [-0.05, 0) is 24.3 Å². The van der Waals surface area contributed by atoms with Gasteiger partial charge >= 0.3 is 6.03 Å². The molecule has 1 saturated heterocycles. The second kappa shape index (κ2) is 6.55.